The average Bonchev–Trinajstić information content (AvgIpc) is 2.74. The van der Waals surface area contributed by atoms with Crippen LogP contribution in [0.3, 0.4) is 0 Å². The van der Waals surface area contributed by atoms with Gasteiger partial charge < -0.3 is 5.32 Å². The van der Waals surface area contributed by atoms with E-state index in [2.05, 4.69) is 11.4 Å². The number of hydrogen-bond acceptors (Lipinski definition) is 3. The highest BCUT2D eigenvalue weighted by Gasteiger charge is 2.14. The number of anilines is 1. The number of rotatable bonds is 5. The van der Waals surface area contributed by atoms with Gasteiger partial charge in [0.25, 0.3) is 0 Å². The number of benzene rings is 1. The van der Waals surface area contributed by atoms with E-state index in [1.807, 2.05) is 45.9 Å². The molecule has 0 aliphatic carbocycles. The van der Waals surface area contributed by atoms with Crippen molar-refractivity contribution < 1.29 is 9.59 Å². The first-order valence-corrected chi connectivity index (χ1v) is 8.15. The third-order valence-corrected chi connectivity index (χ3v) is 4.39. The number of carbonyl (C=O) groups is 2. The molecule has 0 saturated heterocycles. The first-order valence-electron chi connectivity index (χ1n) is 7.33. The van der Waals surface area contributed by atoms with Gasteiger partial charge in [-0.1, -0.05) is 6.07 Å². The molecule has 116 valence electrons. The van der Waals surface area contributed by atoms with E-state index in [0.717, 1.165) is 32.1 Å². The van der Waals surface area contributed by atoms with Crippen LogP contribution in [-0.4, -0.2) is 11.7 Å². The zero-order valence-corrected chi connectivity index (χ0v) is 14.3. The second kappa shape index (κ2) is 6.88. The smallest absolute Gasteiger partial charge is 0.224 e. The molecule has 1 amide bonds. The fourth-order valence-electron chi connectivity index (χ4n) is 2.54. The highest BCUT2D eigenvalue weighted by atomic mass is 32.1. The van der Waals surface area contributed by atoms with Gasteiger partial charge in [0.2, 0.25) is 5.91 Å². The van der Waals surface area contributed by atoms with Gasteiger partial charge in [0, 0.05) is 33.8 Å². The Labute approximate surface area is 135 Å². The molecule has 0 aliphatic rings. The molecule has 0 saturated carbocycles. The third-order valence-electron chi connectivity index (χ3n) is 3.43. The van der Waals surface area contributed by atoms with E-state index < -0.39 is 0 Å². The Bertz CT molecular complexity index is 696. The summed E-state index contributed by atoms with van der Waals surface area (Å²) in [6.07, 6.45) is 0.452. The van der Waals surface area contributed by atoms with Gasteiger partial charge in [0.05, 0.1) is 0 Å². The standard InChI is InChI=1S/C18H21NO2S/c1-11-7-12(2)9-15(8-11)19-18(21)6-5-17(20)16-10-13(3)22-14(16)4/h7-10H,5-6H2,1-4H3,(H,19,21). The minimum atomic E-state index is -0.122. The number of aryl methyl sites for hydroxylation is 4. The van der Waals surface area contributed by atoms with Crippen LogP contribution in [0.5, 0.6) is 0 Å². The van der Waals surface area contributed by atoms with Crippen molar-refractivity contribution >= 4 is 28.7 Å². The van der Waals surface area contributed by atoms with Crippen molar-refractivity contribution in [1.82, 2.24) is 0 Å². The highest BCUT2D eigenvalue weighted by Crippen LogP contribution is 2.22. The number of Topliss-reactive ketones (excluding diaryl/α,β-unsaturated/α-hetero) is 1. The van der Waals surface area contributed by atoms with E-state index in [0.29, 0.717) is 0 Å². The Kier molecular flexibility index (Phi) is 5.14. The monoisotopic (exact) mass is 315 g/mol. The summed E-state index contributed by atoms with van der Waals surface area (Å²) in [7, 11) is 0. The zero-order valence-electron chi connectivity index (χ0n) is 13.4. The molecule has 0 atom stereocenters. The largest absolute Gasteiger partial charge is 0.326 e. The zero-order chi connectivity index (χ0) is 16.3. The number of amides is 1. The van der Waals surface area contributed by atoms with Gasteiger partial charge in [-0.25, -0.2) is 0 Å². The molecule has 1 aromatic carbocycles. The van der Waals surface area contributed by atoms with E-state index in [-0.39, 0.29) is 24.5 Å². The first kappa shape index (κ1) is 16.4. The molecule has 0 aliphatic heterocycles. The Morgan fingerprint density at radius 3 is 2.14 bits per heavy atom. The number of nitrogens with one attached hydrogen (secondary N) is 1. The Balaban J connectivity index is 1.92. The van der Waals surface area contributed by atoms with Crippen LogP contribution in [-0.2, 0) is 4.79 Å². The molecule has 1 heterocycles. The van der Waals surface area contributed by atoms with Gasteiger partial charge in [-0.05, 0) is 57.0 Å². The molecular formula is C18H21NO2S. The quantitative estimate of drug-likeness (QED) is 0.821. The van der Waals surface area contributed by atoms with Crippen molar-refractivity contribution in [2.24, 2.45) is 0 Å². The highest BCUT2D eigenvalue weighted by molar-refractivity contribution is 7.12. The summed E-state index contributed by atoms with van der Waals surface area (Å²) in [5.41, 5.74) is 3.76. The van der Waals surface area contributed by atoms with E-state index in [1.165, 1.54) is 0 Å². The van der Waals surface area contributed by atoms with E-state index in [4.69, 9.17) is 0 Å². The van der Waals surface area contributed by atoms with Gasteiger partial charge in [-0.3, -0.25) is 9.59 Å². The van der Waals surface area contributed by atoms with Gasteiger partial charge >= 0.3 is 0 Å². The topological polar surface area (TPSA) is 46.2 Å². The molecule has 22 heavy (non-hydrogen) atoms. The summed E-state index contributed by atoms with van der Waals surface area (Å²) in [6.45, 7) is 7.92. The predicted molar refractivity (Wildman–Crippen MR) is 91.9 cm³/mol. The number of ketones is 1. The summed E-state index contributed by atoms with van der Waals surface area (Å²) >= 11 is 1.62. The van der Waals surface area contributed by atoms with Crippen LogP contribution in [0.1, 0.15) is 44.1 Å². The number of thiophene rings is 1. The van der Waals surface area contributed by atoms with Crippen LogP contribution in [0, 0.1) is 27.7 Å². The summed E-state index contributed by atoms with van der Waals surface area (Å²) < 4.78 is 0. The molecule has 1 N–H and O–H groups in total. The van der Waals surface area contributed by atoms with Crippen molar-refractivity contribution in [1.29, 1.82) is 0 Å². The Morgan fingerprint density at radius 1 is 0.955 bits per heavy atom. The molecule has 0 bridgehead atoms. The summed E-state index contributed by atoms with van der Waals surface area (Å²) in [5, 5.41) is 2.86. The molecule has 2 rings (SSSR count). The summed E-state index contributed by atoms with van der Waals surface area (Å²) in [6, 6.07) is 7.82. The Morgan fingerprint density at radius 2 is 1.59 bits per heavy atom. The lowest BCUT2D eigenvalue weighted by molar-refractivity contribution is -0.116. The van der Waals surface area contributed by atoms with Gasteiger partial charge in [-0.15, -0.1) is 11.3 Å². The van der Waals surface area contributed by atoms with Gasteiger partial charge in [0.15, 0.2) is 5.78 Å². The molecule has 2 aromatic rings. The van der Waals surface area contributed by atoms with Crippen molar-refractivity contribution in [2.45, 2.75) is 40.5 Å². The lowest BCUT2D eigenvalue weighted by atomic mass is 10.1. The normalized spacial score (nSPS) is 10.5. The van der Waals surface area contributed by atoms with Crippen molar-refractivity contribution in [3.05, 3.63) is 50.7 Å². The van der Waals surface area contributed by atoms with Crippen LogP contribution < -0.4 is 5.32 Å². The van der Waals surface area contributed by atoms with E-state index in [9.17, 15) is 9.59 Å². The molecule has 0 unspecified atom stereocenters. The predicted octanol–water partition coefficient (Wildman–Crippen LogP) is 4.58. The lowest BCUT2D eigenvalue weighted by Crippen LogP contribution is -2.13. The molecular weight excluding hydrogens is 294 g/mol. The van der Waals surface area contributed by atoms with E-state index >= 15 is 0 Å². The summed E-state index contributed by atoms with van der Waals surface area (Å²) in [4.78, 5) is 26.3. The average molecular weight is 315 g/mol. The van der Waals surface area contributed by atoms with Crippen LogP contribution in [0.15, 0.2) is 24.3 Å². The molecule has 0 fully saturated rings. The van der Waals surface area contributed by atoms with E-state index in [1.54, 1.807) is 11.3 Å². The maximum absolute atomic E-state index is 12.2. The number of hydrogen-bond donors (Lipinski definition) is 1. The van der Waals surface area contributed by atoms with Crippen molar-refractivity contribution in [3.63, 3.8) is 0 Å². The SMILES string of the molecule is Cc1cc(C)cc(NC(=O)CCC(=O)c2cc(C)sc2C)c1. The van der Waals surface area contributed by atoms with Crippen molar-refractivity contribution in [3.8, 4) is 0 Å². The first-order chi connectivity index (χ1) is 10.3. The molecule has 0 radical (unpaired) electrons. The second-order valence-corrected chi connectivity index (χ2v) is 7.14. The Hall–Kier alpha value is -1.94. The number of carbonyl (C=O) groups excluding carboxylic acids is 2. The fourth-order valence-corrected chi connectivity index (χ4v) is 3.48. The minimum absolute atomic E-state index is 0.0393. The lowest BCUT2D eigenvalue weighted by Gasteiger charge is -2.07. The van der Waals surface area contributed by atoms with Crippen LogP contribution in [0.25, 0.3) is 0 Å². The second-order valence-electron chi connectivity index (χ2n) is 5.67. The van der Waals surface area contributed by atoms with Crippen LogP contribution >= 0.6 is 11.3 Å². The van der Waals surface area contributed by atoms with Crippen molar-refractivity contribution in [2.75, 3.05) is 5.32 Å². The minimum Gasteiger partial charge on any atom is -0.326 e. The molecule has 1 aromatic heterocycles. The maximum Gasteiger partial charge on any atom is 0.224 e. The third kappa shape index (κ3) is 4.28. The fraction of sp³-hybridized carbons (Fsp3) is 0.333. The van der Waals surface area contributed by atoms with Crippen LogP contribution in [0.4, 0.5) is 5.69 Å². The maximum atomic E-state index is 12.2. The van der Waals surface area contributed by atoms with Crippen LogP contribution in [0.2, 0.25) is 0 Å². The molecule has 0 spiro atoms. The summed E-state index contributed by atoms with van der Waals surface area (Å²) in [5.74, 6) is -0.0830. The molecule has 3 nitrogen and oxygen atoms in total. The van der Waals surface area contributed by atoms with Gasteiger partial charge in [0.1, 0.15) is 0 Å². The van der Waals surface area contributed by atoms with Gasteiger partial charge in [-0.2, -0.15) is 0 Å². The molecule has 4 heteroatoms.